The standard InChI is InChI=1S/C18H24N.C17H22N.C16H20N.2C15H18N/c1-12(2)16-7-8-17(14(4)11-16)18-15(5)13(3)9-10-19(18)6;1-6-15-7-8-16(13(3)11-15)17-14(4)12(2)9-10-18(17)5;1-11-6-7-16(17(5)10-11)15-9-13(3)12(2)8-14(15)4;2*1-11-9-13(3)14(10-12(11)2)15-7-5-6-8-16(15)4/h7-12H,1-6H3;7-11H,6H2,1-5H3;6-10H,1-5H3;2*5-10H,1-4H3/q5*+1/i1D3,12D;1D3;;;. The molecule has 5 aromatic heterocycles. The van der Waals surface area contributed by atoms with E-state index < -0.39 is 19.6 Å². The molecule has 5 nitrogen and oxygen atoms in total. The van der Waals surface area contributed by atoms with Gasteiger partial charge in [-0.1, -0.05) is 63.1 Å². The van der Waals surface area contributed by atoms with Crippen molar-refractivity contribution >= 4 is 0 Å². The zero-order valence-electron chi connectivity index (χ0n) is 63.0. The highest BCUT2D eigenvalue weighted by Gasteiger charge is 2.20. The van der Waals surface area contributed by atoms with Crippen LogP contribution in [-0.2, 0) is 41.7 Å². The van der Waals surface area contributed by atoms with E-state index >= 15 is 0 Å². The summed E-state index contributed by atoms with van der Waals surface area (Å²) in [4.78, 5) is 0. The minimum atomic E-state index is -2.36. The lowest BCUT2D eigenvalue weighted by atomic mass is 9.94. The monoisotopic (exact) mass is 1150 g/mol. The van der Waals surface area contributed by atoms with E-state index in [1.54, 1.807) is 6.07 Å². The van der Waals surface area contributed by atoms with Crippen LogP contribution in [0.5, 0.6) is 0 Å². The third-order valence-electron chi connectivity index (χ3n) is 17.1. The predicted molar refractivity (Wildman–Crippen MR) is 365 cm³/mol. The molecule has 0 saturated heterocycles. The average Bonchev–Trinajstić information content (AvgIpc) is 0.809. The first kappa shape index (κ1) is 57.0. The Balaban J connectivity index is 0.000000186. The Hall–Kier alpha value is -8.15. The summed E-state index contributed by atoms with van der Waals surface area (Å²) in [5, 5.41) is 0. The molecule has 0 aliphatic heterocycles. The molecule has 5 aromatic carbocycles. The summed E-state index contributed by atoms with van der Waals surface area (Å²) in [6.07, 6.45) is 10.6. The maximum atomic E-state index is 8.24. The Bertz CT molecular complexity index is 4220. The molecular weight excluding hydrogens is 1040 g/mol. The maximum absolute atomic E-state index is 8.24. The Labute approximate surface area is 529 Å². The zero-order valence-corrected chi connectivity index (χ0v) is 56.0. The Kier molecular flexibility index (Phi) is 19.7. The van der Waals surface area contributed by atoms with Gasteiger partial charge in [0.25, 0.3) is 0 Å². The SMILES string of the molecule is Cc1cc(C)c(-c2cccc[n+]2C)cc1C.Cc1cc(C)c(-c2cccc[n+]2C)cc1C.Cc1ccc(-c2cc(C)c(C)cc2C)[n+](C)c1.[2H]C([2H])([2H])C([2H])(C)c1ccc(-c2c(C)c(C)cc[n+]2C)c(C)c1.[2H]C([2H])([2H])Cc1ccc(-c2c(C)c(C)cc[n+]2C)c(C)c1. The van der Waals surface area contributed by atoms with Crippen LogP contribution in [0.25, 0.3) is 56.3 Å². The molecule has 446 valence electrons. The van der Waals surface area contributed by atoms with Crippen LogP contribution >= 0.6 is 0 Å². The van der Waals surface area contributed by atoms with Crippen LogP contribution in [0.4, 0.5) is 0 Å². The molecule has 10 aromatic rings. The molecule has 10 rings (SSSR count). The third kappa shape index (κ3) is 16.4. The van der Waals surface area contributed by atoms with E-state index in [0.717, 1.165) is 33.5 Å². The van der Waals surface area contributed by atoms with Crippen molar-refractivity contribution in [2.45, 2.75) is 144 Å². The Morgan fingerprint density at radius 2 is 0.744 bits per heavy atom. The summed E-state index contributed by atoms with van der Waals surface area (Å²) in [5.41, 5.74) is 34.2. The van der Waals surface area contributed by atoms with Gasteiger partial charge in [0.15, 0.2) is 31.0 Å². The molecule has 5 heteroatoms. The molecule has 1 unspecified atom stereocenters. The summed E-state index contributed by atoms with van der Waals surface area (Å²) in [5.74, 6) is -1.61. The molecule has 0 saturated carbocycles. The number of hydrogen-bond donors (Lipinski definition) is 0. The fraction of sp³-hybridized carbons (Fsp3) is 0.321. The van der Waals surface area contributed by atoms with Crippen LogP contribution in [-0.4, -0.2) is 0 Å². The maximum Gasteiger partial charge on any atom is 0.215 e. The van der Waals surface area contributed by atoms with Crippen LogP contribution in [0.15, 0.2) is 164 Å². The molecular formula is C81H102N5+5. The van der Waals surface area contributed by atoms with Gasteiger partial charge in [-0.3, -0.25) is 0 Å². The summed E-state index contributed by atoms with van der Waals surface area (Å²) >= 11 is 0. The van der Waals surface area contributed by atoms with Crippen LogP contribution in [0.2, 0.25) is 0 Å². The molecule has 1 atom stereocenters. The highest BCUT2D eigenvalue weighted by Crippen LogP contribution is 2.30. The second-order valence-corrected chi connectivity index (χ2v) is 24.0. The van der Waals surface area contributed by atoms with E-state index in [-0.39, 0.29) is 6.42 Å². The van der Waals surface area contributed by atoms with Gasteiger partial charge >= 0.3 is 0 Å². The van der Waals surface area contributed by atoms with E-state index in [0.29, 0.717) is 5.56 Å². The minimum absolute atomic E-state index is 0.118. The van der Waals surface area contributed by atoms with Crippen LogP contribution < -0.4 is 22.8 Å². The van der Waals surface area contributed by atoms with Crippen molar-refractivity contribution in [1.82, 2.24) is 0 Å². The summed E-state index contributed by atoms with van der Waals surface area (Å²) < 4.78 is 63.9. The number of hydrogen-bond acceptors (Lipinski definition) is 0. The molecule has 86 heavy (non-hydrogen) atoms. The summed E-state index contributed by atoms with van der Waals surface area (Å²) in [6.45, 7) is 31.3. The zero-order chi connectivity index (χ0) is 69.4. The van der Waals surface area contributed by atoms with Gasteiger partial charge in [-0.25, -0.2) is 22.8 Å². The fourth-order valence-corrected chi connectivity index (χ4v) is 11.1. The topological polar surface area (TPSA) is 19.4 Å². The van der Waals surface area contributed by atoms with Crippen LogP contribution in [0.1, 0.15) is 136 Å². The van der Waals surface area contributed by atoms with Gasteiger partial charge < -0.3 is 0 Å². The van der Waals surface area contributed by atoms with Gasteiger partial charge in [-0.15, -0.1) is 0 Å². The number of aromatic nitrogens is 5. The van der Waals surface area contributed by atoms with Crippen molar-refractivity contribution in [3.05, 3.63) is 265 Å². The first-order valence-corrected chi connectivity index (χ1v) is 30.1. The number of nitrogens with zero attached hydrogens (tertiary/aromatic N) is 5. The molecule has 0 spiro atoms. The van der Waals surface area contributed by atoms with Crippen LogP contribution in [0, 0.1) is 111 Å². The second kappa shape index (κ2) is 29.8. The van der Waals surface area contributed by atoms with Gasteiger partial charge in [0.1, 0.15) is 35.2 Å². The normalized spacial score (nSPS) is 12.9. The van der Waals surface area contributed by atoms with Gasteiger partial charge in [0, 0.05) is 96.6 Å². The molecule has 0 bridgehead atoms. The van der Waals surface area contributed by atoms with Gasteiger partial charge in [-0.2, -0.15) is 0 Å². The van der Waals surface area contributed by atoms with Crippen molar-refractivity contribution in [2.24, 2.45) is 35.2 Å². The molecule has 0 radical (unpaired) electrons. The lowest BCUT2D eigenvalue weighted by Crippen LogP contribution is -2.32. The van der Waals surface area contributed by atoms with Crippen molar-refractivity contribution in [3.63, 3.8) is 0 Å². The van der Waals surface area contributed by atoms with Gasteiger partial charge in [-0.05, 0) is 255 Å². The first-order chi connectivity index (χ1) is 43.3. The van der Waals surface area contributed by atoms with E-state index in [2.05, 4.69) is 263 Å². The average molecular weight is 1150 g/mol. The quantitative estimate of drug-likeness (QED) is 0.142. The van der Waals surface area contributed by atoms with Gasteiger partial charge in [0.2, 0.25) is 28.5 Å². The molecule has 0 N–H and O–H groups in total. The van der Waals surface area contributed by atoms with Crippen molar-refractivity contribution in [2.75, 3.05) is 0 Å². The van der Waals surface area contributed by atoms with E-state index in [9.17, 15) is 0 Å². The highest BCUT2D eigenvalue weighted by molar-refractivity contribution is 5.68. The lowest BCUT2D eigenvalue weighted by Gasteiger charge is -2.12. The fourth-order valence-electron chi connectivity index (χ4n) is 11.1. The van der Waals surface area contributed by atoms with Crippen molar-refractivity contribution < 1.29 is 32.4 Å². The smallest absolute Gasteiger partial charge is 0.201 e. The minimum Gasteiger partial charge on any atom is -0.201 e. The van der Waals surface area contributed by atoms with E-state index in [4.69, 9.17) is 9.60 Å². The van der Waals surface area contributed by atoms with Crippen molar-refractivity contribution in [1.29, 1.82) is 0 Å². The lowest BCUT2D eigenvalue weighted by molar-refractivity contribution is -0.660. The Morgan fingerprint density at radius 1 is 0.349 bits per heavy atom. The number of aryl methyl sites for hydroxylation is 20. The summed E-state index contributed by atoms with van der Waals surface area (Å²) in [6, 6.07) is 46.3. The van der Waals surface area contributed by atoms with E-state index in [1.807, 2.05) is 64.5 Å². The largest absolute Gasteiger partial charge is 0.215 e. The first-order valence-electron chi connectivity index (χ1n) is 33.6. The molecule has 0 aliphatic rings. The molecule has 0 fully saturated rings. The highest BCUT2D eigenvalue weighted by atomic mass is 14.9. The predicted octanol–water partition coefficient (Wildman–Crippen LogP) is 17.5. The van der Waals surface area contributed by atoms with Crippen molar-refractivity contribution in [3.8, 4) is 56.3 Å². The number of pyridine rings is 5. The molecule has 0 amide bonds. The van der Waals surface area contributed by atoms with Crippen LogP contribution in [0.3, 0.4) is 0 Å². The second-order valence-electron chi connectivity index (χ2n) is 24.0. The van der Waals surface area contributed by atoms with Gasteiger partial charge in [0.05, 0.1) is 0 Å². The number of rotatable bonds is 7. The van der Waals surface area contributed by atoms with E-state index in [1.165, 1.54) is 124 Å². The molecule has 5 heterocycles. The molecule has 0 aliphatic carbocycles. The summed E-state index contributed by atoms with van der Waals surface area (Å²) in [7, 11) is 10.3. The third-order valence-corrected chi connectivity index (χ3v) is 17.1. The number of benzene rings is 5. The Morgan fingerprint density at radius 3 is 1.13 bits per heavy atom.